The van der Waals surface area contributed by atoms with Gasteiger partial charge in [0.05, 0.1) is 6.61 Å². The lowest BCUT2D eigenvalue weighted by molar-refractivity contribution is 0.119. The van der Waals surface area contributed by atoms with Gasteiger partial charge in [0, 0.05) is 12.6 Å². The summed E-state index contributed by atoms with van der Waals surface area (Å²) in [6.45, 7) is 10.7. The smallest absolute Gasteiger partial charge is 0.0619 e. The molecular formula is C12H25NO. The zero-order chi connectivity index (χ0) is 10.6. The van der Waals surface area contributed by atoms with Crippen LogP contribution in [-0.2, 0) is 4.74 Å². The number of hydrogen-bond donors (Lipinski definition) is 1. The normalized spacial score (nSPS) is 12.7. The third-order valence-electron chi connectivity index (χ3n) is 2.17. The van der Waals surface area contributed by atoms with Gasteiger partial charge in [0.15, 0.2) is 0 Å². The number of hydrogen-bond acceptors (Lipinski definition) is 2. The van der Waals surface area contributed by atoms with Gasteiger partial charge < -0.3 is 10.1 Å². The fourth-order valence-corrected chi connectivity index (χ4v) is 1.36. The van der Waals surface area contributed by atoms with Crippen molar-refractivity contribution in [3.8, 4) is 0 Å². The molecule has 0 spiro atoms. The van der Waals surface area contributed by atoms with Crippen LogP contribution in [0.15, 0.2) is 12.7 Å². The molecule has 0 aliphatic rings. The van der Waals surface area contributed by atoms with Gasteiger partial charge in [-0.3, -0.25) is 0 Å². The van der Waals surface area contributed by atoms with Crippen molar-refractivity contribution in [3.05, 3.63) is 12.7 Å². The Morgan fingerprint density at radius 2 is 2.21 bits per heavy atom. The standard InChI is InChI=1S/C12H25NO/c1-4-7-8-9-12(11-14-6-3)13-10-5-2/h4,12-13H,1,5-11H2,2-3H3. The summed E-state index contributed by atoms with van der Waals surface area (Å²) in [4.78, 5) is 0. The van der Waals surface area contributed by atoms with E-state index in [1.54, 1.807) is 0 Å². The minimum absolute atomic E-state index is 0.523. The van der Waals surface area contributed by atoms with Crippen molar-refractivity contribution in [2.24, 2.45) is 0 Å². The first kappa shape index (κ1) is 13.7. The largest absolute Gasteiger partial charge is 0.380 e. The molecule has 2 heteroatoms. The Balaban J connectivity index is 3.54. The highest BCUT2D eigenvalue weighted by atomic mass is 16.5. The van der Waals surface area contributed by atoms with Crippen molar-refractivity contribution in [3.63, 3.8) is 0 Å². The van der Waals surface area contributed by atoms with Gasteiger partial charge in [-0.25, -0.2) is 0 Å². The van der Waals surface area contributed by atoms with Crippen LogP contribution in [0.25, 0.3) is 0 Å². The maximum atomic E-state index is 5.44. The van der Waals surface area contributed by atoms with E-state index in [1.807, 2.05) is 13.0 Å². The van der Waals surface area contributed by atoms with Crippen molar-refractivity contribution in [1.29, 1.82) is 0 Å². The van der Waals surface area contributed by atoms with Crippen molar-refractivity contribution in [1.82, 2.24) is 5.32 Å². The van der Waals surface area contributed by atoms with Crippen LogP contribution in [0.2, 0.25) is 0 Å². The van der Waals surface area contributed by atoms with E-state index in [0.29, 0.717) is 6.04 Å². The molecule has 0 bridgehead atoms. The van der Waals surface area contributed by atoms with Gasteiger partial charge >= 0.3 is 0 Å². The first-order valence-corrected chi connectivity index (χ1v) is 5.77. The Morgan fingerprint density at radius 1 is 1.43 bits per heavy atom. The monoisotopic (exact) mass is 199 g/mol. The molecule has 0 heterocycles. The molecule has 0 rings (SSSR count). The Morgan fingerprint density at radius 3 is 2.79 bits per heavy atom. The molecule has 0 saturated carbocycles. The highest BCUT2D eigenvalue weighted by Crippen LogP contribution is 2.02. The summed E-state index contributed by atoms with van der Waals surface area (Å²) in [5, 5.41) is 3.50. The van der Waals surface area contributed by atoms with Gasteiger partial charge in [-0.15, -0.1) is 6.58 Å². The summed E-state index contributed by atoms with van der Waals surface area (Å²) < 4.78 is 5.44. The fourth-order valence-electron chi connectivity index (χ4n) is 1.36. The molecule has 14 heavy (non-hydrogen) atoms. The van der Waals surface area contributed by atoms with E-state index in [0.717, 1.165) is 26.2 Å². The highest BCUT2D eigenvalue weighted by Gasteiger charge is 2.06. The van der Waals surface area contributed by atoms with Crippen LogP contribution in [0, 0.1) is 0 Å². The average molecular weight is 199 g/mol. The summed E-state index contributed by atoms with van der Waals surface area (Å²) in [6, 6.07) is 0.523. The maximum Gasteiger partial charge on any atom is 0.0619 e. The Labute approximate surface area is 88.7 Å². The first-order chi connectivity index (χ1) is 6.85. The Hall–Kier alpha value is -0.340. The molecular weight excluding hydrogens is 174 g/mol. The van der Waals surface area contributed by atoms with E-state index in [1.165, 1.54) is 19.3 Å². The average Bonchev–Trinajstić information content (AvgIpc) is 2.21. The summed E-state index contributed by atoms with van der Waals surface area (Å²) in [5.41, 5.74) is 0. The second-order valence-electron chi connectivity index (χ2n) is 3.53. The van der Waals surface area contributed by atoms with E-state index >= 15 is 0 Å². The zero-order valence-corrected chi connectivity index (χ0v) is 9.72. The van der Waals surface area contributed by atoms with Gasteiger partial charge in [-0.05, 0) is 39.2 Å². The van der Waals surface area contributed by atoms with E-state index < -0.39 is 0 Å². The third kappa shape index (κ3) is 8.27. The number of unbranched alkanes of at least 4 members (excludes halogenated alkanes) is 1. The zero-order valence-electron chi connectivity index (χ0n) is 9.72. The van der Waals surface area contributed by atoms with Crippen LogP contribution in [0.5, 0.6) is 0 Å². The van der Waals surface area contributed by atoms with Crippen molar-refractivity contribution in [2.75, 3.05) is 19.8 Å². The van der Waals surface area contributed by atoms with Crippen LogP contribution >= 0.6 is 0 Å². The van der Waals surface area contributed by atoms with Crippen LogP contribution in [-0.4, -0.2) is 25.8 Å². The SMILES string of the molecule is C=CCCCC(COCC)NCCC. The minimum atomic E-state index is 0.523. The van der Waals surface area contributed by atoms with Crippen LogP contribution in [0.4, 0.5) is 0 Å². The quantitative estimate of drug-likeness (QED) is 0.431. The lowest BCUT2D eigenvalue weighted by Crippen LogP contribution is -2.34. The lowest BCUT2D eigenvalue weighted by Gasteiger charge is -2.17. The minimum Gasteiger partial charge on any atom is -0.380 e. The molecule has 1 N–H and O–H groups in total. The molecule has 0 radical (unpaired) electrons. The van der Waals surface area contributed by atoms with E-state index in [4.69, 9.17) is 4.74 Å². The first-order valence-electron chi connectivity index (χ1n) is 5.77. The topological polar surface area (TPSA) is 21.3 Å². The highest BCUT2D eigenvalue weighted by molar-refractivity contribution is 4.71. The number of allylic oxidation sites excluding steroid dienone is 1. The summed E-state index contributed by atoms with van der Waals surface area (Å²) >= 11 is 0. The van der Waals surface area contributed by atoms with Gasteiger partial charge in [0.25, 0.3) is 0 Å². The molecule has 0 amide bonds. The molecule has 0 fully saturated rings. The molecule has 1 unspecified atom stereocenters. The second-order valence-corrected chi connectivity index (χ2v) is 3.53. The second kappa shape index (κ2) is 10.7. The van der Waals surface area contributed by atoms with Gasteiger partial charge in [0.1, 0.15) is 0 Å². The summed E-state index contributed by atoms with van der Waals surface area (Å²) in [7, 11) is 0. The molecule has 2 nitrogen and oxygen atoms in total. The van der Waals surface area contributed by atoms with E-state index in [2.05, 4.69) is 18.8 Å². The van der Waals surface area contributed by atoms with Crippen LogP contribution in [0.1, 0.15) is 39.5 Å². The number of rotatable bonds is 10. The van der Waals surface area contributed by atoms with Crippen molar-refractivity contribution >= 4 is 0 Å². The summed E-state index contributed by atoms with van der Waals surface area (Å²) in [5.74, 6) is 0. The van der Waals surface area contributed by atoms with Crippen LogP contribution in [0.3, 0.4) is 0 Å². The fraction of sp³-hybridized carbons (Fsp3) is 0.833. The number of nitrogens with one attached hydrogen (secondary N) is 1. The third-order valence-corrected chi connectivity index (χ3v) is 2.17. The molecule has 0 saturated heterocycles. The van der Waals surface area contributed by atoms with Crippen molar-refractivity contribution in [2.45, 2.75) is 45.6 Å². The van der Waals surface area contributed by atoms with E-state index in [9.17, 15) is 0 Å². The van der Waals surface area contributed by atoms with Gasteiger partial charge in [0.2, 0.25) is 0 Å². The molecule has 0 aromatic rings. The predicted octanol–water partition coefficient (Wildman–Crippen LogP) is 2.75. The van der Waals surface area contributed by atoms with E-state index in [-0.39, 0.29) is 0 Å². The number of ether oxygens (including phenoxy) is 1. The van der Waals surface area contributed by atoms with Crippen LogP contribution < -0.4 is 5.32 Å². The predicted molar refractivity (Wildman–Crippen MR) is 62.6 cm³/mol. The Bertz CT molecular complexity index is 117. The molecule has 0 aromatic carbocycles. The lowest BCUT2D eigenvalue weighted by atomic mass is 10.1. The summed E-state index contributed by atoms with van der Waals surface area (Å²) in [6.07, 6.45) is 6.67. The molecule has 0 aromatic heterocycles. The van der Waals surface area contributed by atoms with Gasteiger partial charge in [-0.1, -0.05) is 13.0 Å². The van der Waals surface area contributed by atoms with Gasteiger partial charge in [-0.2, -0.15) is 0 Å². The molecule has 84 valence electrons. The molecule has 1 atom stereocenters. The molecule has 0 aliphatic heterocycles. The molecule has 0 aliphatic carbocycles. The maximum absolute atomic E-state index is 5.44. The van der Waals surface area contributed by atoms with Crippen molar-refractivity contribution < 1.29 is 4.74 Å². The Kier molecular flexibility index (Phi) is 10.5.